The summed E-state index contributed by atoms with van der Waals surface area (Å²) in [5, 5.41) is 13.3. The fourth-order valence-corrected chi connectivity index (χ4v) is 1.98. The highest BCUT2D eigenvalue weighted by molar-refractivity contribution is 7.07. The Balaban J connectivity index is 2.50. The molecule has 7 heteroatoms. The van der Waals surface area contributed by atoms with Gasteiger partial charge in [-0.25, -0.2) is 9.78 Å². The van der Waals surface area contributed by atoms with E-state index in [0.717, 1.165) is 5.69 Å². The number of nitrogens with zero attached hydrogens (tertiary/aromatic N) is 2. The molecule has 0 saturated carbocycles. The minimum Gasteiger partial charge on any atom is -0.480 e. The molecule has 0 aromatic carbocycles. The van der Waals surface area contributed by atoms with Crippen molar-refractivity contribution >= 4 is 23.3 Å². The highest BCUT2D eigenvalue weighted by Crippen LogP contribution is 2.02. The summed E-state index contributed by atoms with van der Waals surface area (Å²) in [7, 11) is 0. The average Bonchev–Trinajstić information content (AvgIpc) is 2.76. The van der Waals surface area contributed by atoms with Gasteiger partial charge in [-0.05, 0) is 5.92 Å². The molecule has 0 spiro atoms. The number of hydrogen-bond donors (Lipinski definition) is 2. The smallest absolute Gasteiger partial charge is 0.323 e. The van der Waals surface area contributed by atoms with Crippen LogP contribution in [0.3, 0.4) is 0 Å². The van der Waals surface area contributed by atoms with Crippen molar-refractivity contribution < 1.29 is 14.7 Å². The van der Waals surface area contributed by atoms with E-state index in [2.05, 4.69) is 10.3 Å². The fraction of sp³-hybridized carbons (Fsp3) is 0.545. The second-order valence-corrected chi connectivity index (χ2v) is 5.03. The van der Waals surface area contributed by atoms with Crippen molar-refractivity contribution in [3.8, 4) is 0 Å². The molecule has 100 valence electrons. The van der Waals surface area contributed by atoms with Crippen LogP contribution in [-0.4, -0.2) is 40.1 Å². The molecule has 18 heavy (non-hydrogen) atoms. The Kier molecular flexibility index (Phi) is 5.57. The van der Waals surface area contributed by atoms with E-state index in [9.17, 15) is 9.59 Å². The van der Waals surface area contributed by atoms with Crippen molar-refractivity contribution in [1.29, 1.82) is 0 Å². The number of amides is 2. The van der Waals surface area contributed by atoms with Crippen LogP contribution in [0.4, 0.5) is 4.79 Å². The van der Waals surface area contributed by atoms with E-state index in [-0.39, 0.29) is 18.5 Å². The maximum Gasteiger partial charge on any atom is 0.323 e. The zero-order valence-corrected chi connectivity index (χ0v) is 11.2. The van der Waals surface area contributed by atoms with Gasteiger partial charge in [0, 0.05) is 11.9 Å². The summed E-state index contributed by atoms with van der Waals surface area (Å²) in [5.74, 6) is -0.797. The Morgan fingerprint density at radius 2 is 2.28 bits per heavy atom. The number of rotatable bonds is 6. The topological polar surface area (TPSA) is 82.5 Å². The van der Waals surface area contributed by atoms with E-state index in [1.807, 2.05) is 19.2 Å². The number of nitrogens with one attached hydrogen (secondary N) is 1. The van der Waals surface area contributed by atoms with Gasteiger partial charge in [-0.1, -0.05) is 13.8 Å². The molecule has 1 rings (SSSR count). The van der Waals surface area contributed by atoms with Gasteiger partial charge in [0.2, 0.25) is 0 Å². The minimum absolute atomic E-state index is 0.217. The molecule has 1 heterocycles. The van der Waals surface area contributed by atoms with E-state index in [1.54, 1.807) is 5.51 Å². The molecule has 0 aliphatic heterocycles. The molecule has 0 unspecified atom stereocenters. The van der Waals surface area contributed by atoms with Crippen LogP contribution >= 0.6 is 11.3 Å². The number of carboxylic acid groups (broad SMARTS) is 1. The molecule has 2 N–H and O–H groups in total. The number of thiazole rings is 1. The summed E-state index contributed by atoms with van der Waals surface area (Å²) in [6.45, 7) is 4.30. The lowest BCUT2D eigenvalue weighted by atomic mass is 10.2. The number of carbonyl (C=O) groups excluding carboxylic acids is 1. The molecular formula is C11H17N3O3S. The summed E-state index contributed by atoms with van der Waals surface area (Å²) >= 11 is 1.45. The Morgan fingerprint density at radius 1 is 1.56 bits per heavy atom. The van der Waals surface area contributed by atoms with Gasteiger partial charge in [-0.3, -0.25) is 4.79 Å². The molecule has 0 atom stereocenters. The zero-order valence-electron chi connectivity index (χ0n) is 10.4. The third-order valence-electron chi connectivity index (χ3n) is 2.10. The second-order valence-electron chi connectivity index (χ2n) is 4.31. The van der Waals surface area contributed by atoms with Crippen molar-refractivity contribution in [1.82, 2.24) is 15.2 Å². The first-order chi connectivity index (χ1) is 8.49. The van der Waals surface area contributed by atoms with Crippen molar-refractivity contribution in [2.75, 3.05) is 13.1 Å². The van der Waals surface area contributed by atoms with Crippen molar-refractivity contribution in [3.63, 3.8) is 0 Å². The van der Waals surface area contributed by atoms with Crippen LogP contribution in [0.15, 0.2) is 10.9 Å². The van der Waals surface area contributed by atoms with E-state index in [0.29, 0.717) is 13.1 Å². The third kappa shape index (κ3) is 5.13. The Morgan fingerprint density at radius 3 is 2.78 bits per heavy atom. The summed E-state index contributed by atoms with van der Waals surface area (Å²) in [6, 6.07) is -0.376. The second kappa shape index (κ2) is 6.95. The molecule has 0 saturated heterocycles. The van der Waals surface area contributed by atoms with Crippen LogP contribution in [0.2, 0.25) is 0 Å². The summed E-state index contributed by atoms with van der Waals surface area (Å²) in [5.41, 5.74) is 2.46. The lowest BCUT2D eigenvalue weighted by molar-refractivity contribution is -0.137. The number of aliphatic carboxylic acids is 1. The molecule has 0 aliphatic carbocycles. The maximum absolute atomic E-state index is 11.8. The third-order valence-corrected chi connectivity index (χ3v) is 2.74. The largest absolute Gasteiger partial charge is 0.480 e. The van der Waals surface area contributed by atoms with Gasteiger partial charge < -0.3 is 15.3 Å². The van der Waals surface area contributed by atoms with Crippen molar-refractivity contribution in [2.24, 2.45) is 5.92 Å². The normalized spacial score (nSPS) is 10.4. The predicted octanol–water partition coefficient (Wildman–Crippen LogP) is 1.40. The number of aromatic nitrogens is 1. The van der Waals surface area contributed by atoms with Crippen LogP contribution in [-0.2, 0) is 11.3 Å². The highest BCUT2D eigenvalue weighted by atomic mass is 32.1. The van der Waals surface area contributed by atoms with Gasteiger partial charge in [-0.15, -0.1) is 11.3 Å². The maximum atomic E-state index is 11.8. The Bertz CT molecular complexity index is 392. The van der Waals surface area contributed by atoms with E-state index in [4.69, 9.17) is 5.11 Å². The Hall–Kier alpha value is -1.63. The lowest BCUT2D eigenvalue weighted by Crippen LogP contribution is -2.44. The summed E-state index contributed by atoms with van der Waals surface area (Å²) in [6.07, 6.45) is 0. The van der Waals surface area contributed by atoms with E-state index in [1.165, 1.54) is 16.2 Å². The molecule has 0 radical (unpaired) electrons. The molecule has 2 amide bonds. The van der Waals surface area contributed by atoms with Gasteiger partial charge in [0.1, 0.15) is 6.54 Å². The van der Waals surface area contributed by atoms with Gasteiger partial charge in [0.15, 0.2) is 0 Å². The van der Waals surface area contributed by atoms with Gasteiger partial charge >= 0.3 is 12.0 Å². The molecule has 6 nitrogen and oxygen atoms in total. The Labute approximate surface area is 110 Å². The quantitative estimate of drug-likeness (QED) is 0.819. The van der Waals surface area contributed by atoms with E-state index < -0.39 is 5.97 Å². The average molecular weight is 271 g/mol. The number of hydrogen-bond acceptors (Lipinski definition) is 4. The van der Waals surface area contributed by atoms with Crippen LogP contribution in [0, 0.1) is 5.92 Å². The molecular weight excluding hydrogens is 254 g/mol. The predicted molar refractivity (Wildman–Crippen MR) is 68.4 cm³/mol. The van der Waals surface area contributed by atoms with Crippen molar-refractivity contribution in [2.45, 2.75) is 20.4 Å². The molecule has 1 aromatic heterocycles. The number of carbonyl (C=O) groups is 2. The highest BCUT2D eigenvalue weighted by Gasteiger charge is 2.17. The molecule has 0 fully saturated rings. The van der Waals surface area contributed by atoms with Gasteiger partial charge in [-0.2, -0.15) is 0 Å². The summed E-state index contributed by atoms with van der Waals surface area (Å²) in [4.78, 5) is 27.9. The van der Waals surface area contributed by atoms with Gasteiger partial charge in [0.25, 0.3) is 0 Å². The number of carboxylic acids is 1. The van der Waals surface area contributed by atoms with Crippen LogP contribution in [0.1, 0.15) is 19.5 Å². The van der Waals surface area contributed by atoms with Crippen LogP contribution in [0.25, 0.3) is 0 Å². The van der Waals surface area contributed by atoms with Crippen molar-refractivity contribution in [3.05, 3.63) is 16.6 Å². The first kappa shape index (κ1) is 14.4. The molecule has 0 aliphatic rings. The minimum atomic E-state index is -1.01. The van der Waals surface area contributed by atoms with Gasteiger partial charge in [0.05, 0.1) is 17.7 Å². The lowest BCUT2D eigenvalue weighted by Gasteiger charge is -2.22. The molecule has 1 aromatic rings. The van der Waals surface area contributed by atoms with Crippen LogP contribution in [0.5, 0.6) is 0 Å². The van der Waals surface area contributed by atoms with E-state index >= 15 is 0 Å². The number of urea groups is 1. The first-order valence-electron chi connectivity index (χ1n) is 5.60. The molecule has 0 bridgehead atoms. The van der Waals surface area contributed by atoms with Crippen LogP contribution < -0.4 is 5.32 Å². The standard InChI is InChI=1S/C11H17N3O3S/c1-8(2)4-14(5-10(15)16)11(17)12-3-9-6-18-7-13-9/h6-8H,3-5H2,1-2H3,(H,12,17)(H,15,16). The summed E-state index contributed by atoms with van der Waals surface area (Å²) < 4.78 is 0. The monoisotopic (exact) mass is 271 g/mol. The first-order valence-corrected chi connectivity index (χ1v) is 6.55. The zero-order chi connectivity index (χ0) is 13.5. The fourth-order valence-electron chi connectivity index (χ4n) is 1.43. The SMILES string of the molecule is CC(C)CN(CC(=O)O)C(=O)NCc1cscn1.